The van der Waals surface area contributed by atoms with Gasteiger partial charge in [0.1, 0.15) is 13.2 Å². The Kier molecular flexibility index (Phi) is 9.04. The molecule has 0 radical (unpaired) electrons. The van der Waals surface area contributed by atoms with E-state index in [-0.39, 0.29) is 23.8 Å². The number of hydrogen-bond acceptors (Lipinski definition) is 6. The van der Waals surface area contributed by atoms with Gasteiger partial charge < -0.3 is 9.47 Å². The molecule has 0 amide bonds. The summed E-state index contributed by atoms with van der Waals surface area (Å²) in [5.41, 5.74) is 0.470. The van der Waals surface area contributed by atoms with E-state index in [4.69, 9.17) is 9.47 Å². The lowest BCUT2D eigenvalue weighted by Gasteiger charge is -2.56. The van der Waals surface area contributed by atoms with Crippen LogP contribution in [0.1, 0.15) is 22.6 Å². The molecule has 47 heavy (non-hydrogen) atoms. The second-order valence-electron chi connectivity index (χ2n) is 11.3. The van der Waals surface area contributed by atoms with Crippen LogP contribution in [0.3, 0.4) is 0 Å². The van der Waals surface area contributed by atoms with Gasteiger partial charge in [0.25, 0.3) is 10.0 Å². The maximum absolute atomic E-state index is 14.7. The molecule has 1 saturated carbocycles. The first-order valence-corrected chi connectivity index (χ1v) is 16.6. The topological polar surface area (TPSA) is 90.0 Å². The average molecular weight is 644 g/mol. The number of carbonyl (C=O) groups excluding carboxylic acids is 2. The summed E-state index contributed by atoms with van der Waals surface area (Å²) in [7, 11) is -4.37. The Bertz CT molecular complexity index is 1900. The summed E-state index contributed by atoms with van der Waals surface area (Å²) in [6.07, 6.45) is 0. The van der Waals surface area contributed by atoms with Crippen LogP contribution in [0.15, 0.2) is 169 Å². The Morgan fingerprint density at radius 3 is 1.49 bits per heavy atom. The number of esters is 2. The lowest BCUT2D eigenvalue weighted by Crippen LogP contribution is -2.70. The predicted molar refractivity (Wildman–Crippen MR) is 180 cm³/mol. The van der Waals surface area contributed by atoms with E-state index >= 15 is 0 Å². The molecular formula is C39H33NO6S. The molecule has 0 bridgehead atoms. The normalized spacial score (nSPS) is 16.8. The van der Waals surface area contributed by atoms with Crippen molar-refractivity contribution in [3.8, 4) is 0 Å². The fourth-order valence-corrected chi connectivity index (χ4v) is 7.90. The summed E-state index contributed by atoms with van der Waals surface area (Å²) in [5, 5.41) is 0. The average Bonchev–Trinajstić information content (AvgIpc) is 3.12. The molecule has 0 heterocycles. The maximum atomic E-state index is 14.7. The van der Waals surface area contributed by atoms with Gasteiger partial charge in [-0.05, 0) is 46.5 Å². The van der Waals surface area contributed by atoms with E-state index in [1.54, 1.807) is 97.1 Å². The fraction of sp³-hybridized carbons (Fsp3) is 0.128. The molecule has 0 unspecified atom stereocenters. The van der Waals surface area contributed by atoms with Crippen molar-refractivity contribution in [2.45, 2.75) is 30.1 Å². The Balaban J connectivity index is 1.54. The van der Waals surface area contributed by atoms with Gasteiger partial charge in [0.05, 0.1) is 16.6 Å². The lowest BCUT2D eigenvalue weighted by atomic mass is 9.51. The molecule has 1 fully saturated rings. The lowest BCUT2D eigenvalue weighted by molar-refractivity contribution is -0.181. The Hall–Kier alpha value is -5.47. The van der Waals surface area contributed by atoms with Gasteiger partial charge >= 0.3 is 11.9 Å². The van der Waals surface area contributed by atoms with Gasteiger partial charge in [-0.3, -0.25) is 13.9 Å². The van der Waals surface area contributed by atoms with Gasteiger partial charge in [-0.2, -0.15) is 0 Å². The molecule has 5 aromatic carbocycles. The van der Waals surface area contributed by atoms with Gasteiger partial charge in [0.15, 0.2) is 0 Å². The number of sulfonamides is 1. The van der Waals surface area contributed by atoms with E-state index in [1.165, 1.54) is 12.1 Å². The summed E-state index contributed by atoms with van der Waals surface area (Å²) in [6.45, 7) is 4.06. The second kappa shape index (κ2) is 13.5. The zero-order chi connectivity index (χ0) is 32.9. The number of rotatable bonds is 11. The van der Waals surface area contributed by atoms with E-state index in [1.807, 2.05) is 42.5 Å². The number of ether oxygens (including phenoxy) is 2. The second-order valence-corrected chi connectivity index (χ2v) is 13.1. The highest BCUT2D eigenvalue weighted by Gasteiger charge is 2.73. The molecule has 0 spiro atoms. The van der Waals surface area contributed by atoms with Crippen molar-refractivity contribution in [1.29, 1.82) is 0 Å². The number of anilines is 1. The van der Waals surface area contributed by atoms with Crippen LogP contribution in [0, 0.1) is 5.41 Å². The summed E-state index contributed by atoms with van der Waals surface area (Å²) in [6, 6.07) is 42.1. The maximum Gasteiger partial charge on any atom is 0.327 e. The molecule has 1 aliphatic carbocycles. The first-order chi connectivity index (χ1) is 22.8. The number of benzene rings is 5. The third-order valence-corrected chi connectivity index (χ3v) is 10.2. The molecule has 5 aromatic rings. The van der Waals surface area contributed by atoms with Gasteiger partial charge in [-0.1, -0.05) is 134 Å². The van der Waals surface area contributed by atoms with E-state index in [2.05, 4.69) is 6.58 Å². The molecule has 0 aliphatic heterocycles. The highest BCUT2D eigenvalue weighted by atomic mass is 32.2. The molecule has 0 N–H and O–H groups in total. The van der Waals surface area contributed by atoms with Crippen molar-refractivity contribution in [2.75, 3.05) is 4.31 Å². The Morgan fingerprint density at radius 2 is 1.02 bits per heavy atom. The summed E-state index contributed by atoms with van der Waals surface area (Å²) in [4.78, 5) is 29.4. The Morgan fingerprint density at radius 1 is 0.617 bits per heavy atom. The Labute approximate surface area is 274 Å². The highest BCUT2D eigenvalue weighted by molar-refractivity contribution is 7.92. The predicted octanol–water partition coefficient (Wildman–Crippen LogP) is 7.08. The monoisotopic (exact) mass is 643 g/mol. The minimum atomic E-state index is -4.37. The third-order valence-electron chi connectivity index (χ3n) is 8.39. The number of nitrogens with zero attached hydrogens (tertiary/aromatic N) is 1. The van der Waals surface area contributed by atoms with Gasteiger partial charge in [0, 0.05) is 5.92 Å². The van der Waals surface area contributed by atoms with Crippen molar-refractivity contribution < 1.29 is 27.5 Å². The SMILES string of the molecule is C=C1[C@@H](c2ccccc2)C(C(=O)OCc2ccccc2)(C(=O)OCc2ccccc2)[C@@H]1N(c1ccccc1)S(=O)(=O)c1ccccc1. The van der Waals surface area contributed by atoms with E-state index in [0.717, 1.165) is 4.31 Å². The zero-order valence-electron chi connectivity index (χ0n) is 25.5. The van der Waals surface area contributed by atoms with E-state index in [9.17, 15) is 18.0 Å². The molecule has 8 heteroatoms. The number of para-hydroxylation sites is 1. The number of hydrogen-bond donors (Lipinski definition) is 0. The zero-order valence-corrected chi connectivity index (χ0v) is 26.3. The van der Waals surface area contributed by atoms with Crippen LogP contribution in [0.25, 0.3) is 0 Å². The van der Waals surface area contributed by atoms with Crippen LogP contribution < -0.4 is 4.31 Å². The van der Waals surface area contributed by atoms with Crippen LogP contribution in [0.5, 0.6) is 0 Å². The van der Waals surface area contributed by atoms with Crippen LogP contribution >= 0.6 is 0 Å². The van der Waals surface area contributed by atoms with Gasteiger partial charge in [0.2, 0.25) is 5.41 Å². The van der Waals surface area contributed by atoms with Crippen molar-refractivity contribution >= 4 is 27.6 Å². The number of carbonyl (C=O) groups is 2. The summed E-state index contributed by atoms with van der Waals surface area (Å²) >= 11 is 0. The van der Waals surface area contributed by atoms with Crippen molar-refractivity contribution in [1.82, 2.24) is 0 Å². The molecular weight excluding hydrogens is 610 g/mol. The largest absolute Gasteiger partial charge is 0.460 e. The van der Waals surface area contributed by atoms with Crippen LogP contribution in [0.4, 0.5) is 5.69 Å². The fourth-order valence-electron chi connectivity index (χ4n) is 6.20. The quantitative estimate of drug-likeness (QED) is 0.0869. The molecule has 0 saturated heterocycles. The van der Waals surface area contributed by atoms with Crippen molar-refractivity contribution in [3.63, 3.8) is 0 Å². The first kappa shape index (κ1) is 31.5. The van der Waals surface area contributed by atoms with Crippen LogP contribution in [-0.4, -0.2) is 26.4 Å². The summed E-state index contributed by atoms with van der Waals surface area (Å²) in [5.74, 6) is -2.76. The van der Waals surface area contributed by atoms with Crippen molar-refractivity contribution in [2.24, 2.45) is 5.41 Å². The van der Waals surface area contributed by atoms with E-state index < -0.39 is 39.3 Å². The molecule has 2 atom stereocenters. The van der Waals surface area contributed by atoms with Crippen LogP contribution in [0.2, 0.25) is 0 Å². The molecule has 0 aromatic heterocycles. The molecule has 6 rings (SSSR count). The minimum Gasteiger partial charge on any atom is -0.460 e. The summed E-state index contributed by atoms with van der Waals surface area (Å²) < 4.78 is 42.3. The highest BCUT2D eigenvalue weighted by Crippen LogP contribution is 2.61. The van der Waals surface area contributed by atoms with E-state index in [0.29, 0.717) is 22.3 Å². The molecule has 7 nitrogen and oxygen atoms in total. The smallest absolute Gasteiger partial charge is 0.327 e. The standard InChI is InChI=1S/C39H33NO6S/c1-29-35(32-21-11-4-12-22-32)39(37(41)45-27-30-17-7-2-8-18-30,38(42)46-28-31-19-9-3-10-20-31)36(29)40(33-23-13-5-14-24-33)47(43,44)34-25-15-6-16-26-34/h2-26,35-36H,1,27-28H2/t35-,36+/m0/s1. The van der Waals surface area contributed by atoms with Crippen LogP contribution in [-0.2, 0) is 42.3 Å². The van der Waals surface area contributed by atoms with Gasteiger partial charge in [-0.25, -0.2) is 8.42 Å². The minimum absolute atomic E-state index is 0.0102. The first-order valence-electron chi connectivity index (χ1n) is 15.2. The van der Waals surface area contributed by atoms with Crippen molar-refractivity contribution in [3.05, 3.63) is 181 Å². The third kappa shape index (κ3) is 5.95. The molecule has 236 valence electrons. The molecule has 1 aliphatic rings. The van der Waals surface area contributed by atoms with Gasteiger partial charge in [-0.15, -0.1) is 0 Å².